The van der Waals surface area contributed by atoms with E-state index in [-0.39, 0.29) is 0 Å². The van der Waals surface area contributed by atoms with Crippen molar-refractivity contribution in [3.63, 3.8) is 0 Å². The molecule has 2 heterocycles. The molecule has 0 atom stereocenters. The first kappa shape index (κ1) is 18.0. The minimum atomic E-state index is 0.766. The number of nitrogens with one attached hydrogen (secondary N) is 3. The lowest BCUT2D eigenvalue weighted by molar-refractivity contribution is 0.0389. The minimum Gasteiger partial charge on any atom is -0.379 e. The summed E-state index contributed by atoms with van der Waals surface area (Å²) >= 11 is 6.11. The van der Waals surface area contributed by atoms with Gasteiger partial charge in [0.2, 0.25) is 0 Å². The van der Waals surface area contributed by atoms with Gasteiger partial charge in [0, 0.05) is 61.9 Å². The molecule has 0 spiro atoms. The molecule has 7 heteroatoms. The Labute approximate surface area is 153 Å². The van der Waals surface area contributed by atoms with Gasteiger partial charge < -0.3 is 20.4 Å². The number of aliphatic imine (C=N–C) groups is 1. The summed E-state index contributed by atoms with van der Waals surface area (Å²) in [6, 6.07) is 5.93. The SMILES string of the molecule is CN=C(NCCc1c[nH]c2ccc(Cl)cc12)NCCN1CCOCC1. The van der Waals surface area contributed by atoms with Gasteiger partial charge in [0.05, 0.1) is 13.2 Å². The van der Waals surface area contributed by atoms with E-state index in [2.05, 4.69) is 31.7 Å². The molecule has 0 unspecified atom stereocenters. The predicted molar refractivity (Wildman–Crippen MR) is 104 cm³/mol. The van der Waals surface area contributed by atoms with E-state index in [4.69, 9.17) is 16.3 Å². The second-order valence-electron chi connectivity index (χ2n) is 6.13. The van der Waals surface area contributed by atoms with Crippen molar-refractivity contribution in [2.75, 3.05) is 53.0 Å². The van der Waals surface area contributed by atoms with Crippen LogP contribution in [0.15, 0.2) is 29.4 Å². The van der Waals surface area contributed by atoms with Crippen molar-refractivity contribution in [1.82, 2.24) is 20.5 Å². The van der Waals surface area contributed by atoms with Crippen molar-refractivity contribution in [3.05, 3.63) is 35.0 Å². The van der Waals surface area contributed by atoms with Crippen LogP contribution in [0.3, 0.4) is 0 Å². The number of morpholine rings is 1. The van der Waals surface area contributed by atoms with E-state index in [0.29, 0.717) is 0 Å². The molecule has 1 aromatic carbocycles. The number of aromatic amines is 1. The maximum atomic E-state index is 6.11. The molecule has 0 saturated carbocycles. The first-order valence-electron chi connectivity index (χ1n) is 8.76. The fourth-order valence-corrected chi connectivity index (χ4v) is 3.22. The first-order valence-corrected chi connectivity index (χ1v) is 9.14. The summed E-state index contributed by atoms with van der Waals surface area (Å²) in [5.74, 6) is 0.839. The zero-order valence-electron chi connectivity index (χ0n) is 14.6. The quantitative estimate of drug-likeness (QED) is 0.541. The molecule has 1 aliphatic rings. The summed E-state index contributed by atoms with van der Waals surface area (Å²) in [6.45, 7) is 6.39. The largest absolute Gasteiger partial charge is 0.379 e. The highest BCUT2D eigenvalue weighted by molar-refractivity contribution is 6.31. The van der Waals surface area contributed by atoms with Crippen molar-refractivity contribution in [2.45, 2.75) is 6.42 Å². The monoisotopic (exact) mass is 363 g/mol. The van der Waals surface area contributed by atoms with Crippen molar-refractivity contribution in [1.29, 1.82) is 0 Å². The van der Waals surface area contributed by atoms with E-state index in [1.54, 1.807) is 7.05 Å². The van der Waals surface area contributed by atoms with E-state index >= 15 is 0 Å². The van der Waals surface area contributed by atoms with Crippen molar-refractivity contribution in [3.8, 4) is 0 Å². The number of guanidine groups is 1. The van der Waals surface area contributed by atoms with E-state index in [9.17, 15) is 0 Å². The van der Waals surface area contributed by atoms with Gasteiger partial charge in [-0.2, -0.15) is 0 Å². The van der Waals surface area contributed by atoms with E-state index in [1.807, 2.05) is 18.2 Å². The summed E-state index contributed by atoms with van der Waals surface area (Å²) in [7, 11) is 1.80. The molecule has 0 radical (unpaired) electrons. The van der Waals surface area contributed by atoms with Crippen LogP contribution in [-0.2, 0) is 11.2 Å². The van der Waals surface area contributed by atoms with Crippen molar-refractivity contribution >= 4 is 28.5 Å². The fraction of sp³-hybridized carbons (Fsp3) is 0.500. The minimum absolute atomic E-state index is 0.766. The summed E-state index contributed by atoms with van der Waals surface area (Å²) in [5, 5.41) is 8.69. The second-order valence-corrected chi connectivity index (χ2v) is 6.57. The topological polar surface area (TPSA) is 64.7 Å². The molecular formula is C18H26ClN5O. The molecule has 0 bridgehead atoms. The summed E-state index contributed by atoms with van der Waals surface area (Å²) in [5.41, 5.74) is 2.38. The van der Waals surface area contributed by atoms with E-state index in [1.165, 1.54) is 10.9 Å². The number of fused-ring (bicyclic) bond motifs is 1. The average Bonchev–Trinajstić information content (AvgIpc) is 3.03. The predicted octanol–water partition coefficient (Wildman–Crippen LogP) is 1.86. The number of H-pyrrole nitrogens is 1. The van der Waals surface area contributed by atoms with E-state index in [0.717, 1.165) is 68.9 Å². The Morgan fingerprint density at radius 1 is 1.28 bits per heavy atom. The van der Waals surface area contributed by atoms with Gasteiger partial charge in [0.1, 0.15) is 0 Å². The van der Waals surface area contributed by atoms with Crippen molar-refractivity contribution in [2.24, 2.45) is 4.99 Å². The molecule has 0 aliphatic carbocycles. The Hall–Kier alpha value is -1.76. The highest BCUT2D eigenvalue weighted by Crippen LogP contribution is 2.22. The molecule has 1 aliphatic heterocycles. The number of hydrogen-bond donors (Lipinski definition) is 3. The van der Waals surface area contributed by atoms with Crippen LogP contribution in [0.4, 0.5) is 0 Å². The molecule has 6 nitrogen and oxygen atoms in total. The molecule has 2 aromatic rings. The van der Waals surface area contributed by atoms with Crippen LogP contribution >= 0.6 is 11.6 Å². The lowest BCUT2D eigenvalue weighted by Gasteiger charge is -2.26. The summed E-state index contributed by atoms with van der Waals surface area (Å²) in [6.07, 6.45) is 2.96. The van der Waals surface area contributed by atoms with Gasteiger partial charge in [0.25, 0.3) is 0 Å². The molecule has 0 amide bonds. The van der Waals surface area contributed by atoms with Crippen LogP contribution in [0.5, 0.6) is 0 Å². The third-order valence-corrected chi connectivity index (χ3v) is 4.70. The van der Waals surface area contributed by atoms with Gasteiger partial charge in [0.15, 0.2) is 5.96 Å². The highest BCUT2D eigenvalue weighted by Gasteiger charge is 2.10. The van der Waals surface area contributed by atoms with E-state index < -0.39 is 0 Å². The lowest BCUT2D eigenvalue weighted by Crippen LogP contribution is -2.44. The Bertz CT molecular complexity index is 709. The molecule has 3 N–H and O–H groups in total. The van der Waals surface area contributed by atoms with Gasteiger partial charge >= 0.3 is 0 Å². The Balaban J connectivity index is 1.42. The summed E-state index contributed by atoms with van der Waals surface area (Å²) < 4.78 is 5.37. The van der Waals surface area contributed by atoms with Crippen LogP contribution in [0, 0.1) is 0 Å². The molecular weight excluding hydrogens is 338 g/mol. The standard InChI is InChI=1S/C18H26ClN5O/c1-20-18(22-6-7-24-8-10-25-11-9-24)21-5-4-14-13-23-17-3-2-15(19)12-16(14)17/h2-3,12-13,23H,4-11H2,1H3,(H2,20,21,22). The third kappa shape index (κ3) is 5.11. The molecule has 136 valence electrons. The van der Waals surface area contributed by atoms with Crippen LogP contribution in [0.25, 0.3) is 10.9 Å². The van der Waals surface area contributed by atoms with Crippen molar-refractivity contribution < 1.29 is 4.74 Å². The molecule has 3 rings (SSSR count). The molecule has 1 fully saturated rings. The number of ether oxygens (including phenoxy) is 1. The Morgan fingerprint density at radius 2 is 2.08 bits per heavy atom. The second kappa shape index (κ2) is 9.08. The lowest BCUT2D eigenvalue weighted by atomic mass is 10.1. The number of halogens is 1. The smallest absolute Gasteiger partial charge is 0.191 e. The zero-order valence-corrected chi connectivity index (χ0v) is 15.4. The van der Waals surface area contributed by atoms with Gasteiger partial charge in [-0.25, -0.2) is 0 Å². The number of nitrogens with zero attached hydrogens (tertiary/aromatic N) is 2. The van der Waals surface area contributed by atoms with Crippen LogP contribution in [0.2, 0.25) is 5.02 Å². The average molecular weight is 364 g/mol. The zero-order chi connectivity index (χ0) is 17.5. The highest BCUT2D eigenvalue weighted by atomic mass is 35.5. The maximum Gasteiger partial charge on any atom is 0.191 e. The van der Waals surface area contributed by atoms with Gasteiger partial charge in [-0.15, -0.1) is 0 Å². The third-order valence-electron chi connectivity index (χ3n) is 4.46. The molecule has 1 saturated heterocycles. The fourth-order valence-electron chi connectivity index (χ4n) is 3.05. The van der Waals surface area contributed by atoms with Gasteiger partial charge in [-0.1, -0.05) is 11.6 Å². The number of benzene rings is 1. The molecule has 1 aromatic heterocycles. The maximum absolute atomic E-state index is 6.11. The summed E-state index contributed by atoms with van der Waals surface area (Å²) in [4.78, 5) is 9.98. The van der Waals surface area contributed by atoms with Crippen LogP contribution in [-0.4, -0.2) is 68.8 Å². The van der Waals surface area contributed by atoms with Crippen LogP contribution in [0.1, 0.15) is 5.56 Å². The van der Waals surface area contributed by atoms with Gasteiger partial charge in [-0.05, 0) is 30.2 Å². The Morgan fingerprint density at radius 3 is 2.88 bits per heavy atom. The molecule has 25 heavy (non-hydrogen) atoms. The number of aromatic nitrogens is 1. The number of rotatable bonds is 6. The van der Waals surface area contributed by atoms with Gasteiger partial charge in [-0.3, -0.25) is 9.89 Å². The van der Waals surface area contributed by atoms with Crippen LogP contribution < -0.4 is 10.6 Å². The number of hydrogen-bond acceptors (Lipinski definition) is 3. The normalized spacial score (nSPS) is 16.3. The Kier molecular flexibility index (Phi) is 6.55. The first-order chi connectivity index (χ1) is 12.3.